The highest BCUT2D eigenvalue weighted by atomic mass is 35.5. The molecule has 4 fully saturated rings. The van der Waals surface area contributed by atoms with Crippen molar-refractivity contribution in [2.45, 2.75) is 101 Å². The van der Waals surface area contributed by atoms with Crippen molar-refractivity contribution in [3.63, 3.8) is 0 Å². The van der Waals surface area contributed by atoms with E-state index in [2.05, 4.69) is 43.3 Å². The van der Waals surface area contributed by atoms with Crippen LogP contribution in [-0.4, -0.2) is 72.5 Å². The number of nitrogens with zero attached hydrogens (tertiary/aromatic N) is 6. The van der Waals surface area contributed by atoms with E-state index in [1.165, 1.54) is 23.2 Å². The Morgan fingerprint density at radius 2 is 1.59 bits per heavy atom. The zero-order chi connectivity index (χ0) is 41.6. The Bertz CT molecular complexity index is 2720. The average molecular weight is 838 g/mol. The van der Waals surface area contributed by atoms with E-state index in [4.69, 9.17) is 16.6 Å². The molecule has 12 nitrogen and oxygen atoms in total. The van der Waals surface area contributed by atoms with Crippen molar-refractivity contribution in [1.82, 2.24) is 34.8 Å². The number of fused-ring (bicyclic) bond motifs is 8. The molecule has 0 radical (unpaired) electrons. The van der Waals surface area contributed by atoms with Gasteiger partial charge in [-0.15, -0.1) is 5.10 Å². The fourth-order valence-corrected chi connectivity index (χ4v) is 12.2. The van der Waals surface area contributed by atoms with Crippen LogP contribution in [0, 0.1) is 17.8 Å². The quantitative estimate of drug-likeness (QED) is 0.137. The molecule has 5 heterocycles. The molecule has 2 atom stereocenters. The number of carbonyl (C=O) groups excluding carboxylic acids is 4. The summed E-state index contributed by atoms with van der Waals surface area (Å²) >= 11 is 6.62. The number of hydrogen-bond donors (Lipinski definition) is 1. The number of likely N-dealkylation sites (tertiary alicyclic amines) is 1. The number of ketones is 2. The van der Waals surface area contributed by atoms with Gasteiger partial charge in [0.15, 0.2) is 11.6 Å². The Morgan fingerprint density at radius 3 is 2.38 bits per heavy atom. The fourth-order valence-electron chi connectivity index (χ4n) is 11.9. The van der Waals surface area contributed by atoms with E-state index >= 15 is 0 Å². The summed E-state index contributed by atoms with van der Waals surface area (Å²) in [7, 11) is 0. The van der Waals surface area contributed by atoms with Crippen LogP contribution >= 0.6 is 11.6 Å². The molecule has 3 aliphatic carbocycles. The minimum absolute atomic E-state index is 0.116. The molecule has 3 aliphatic heterocycles. The van der Waals surface area contributed by atoms with Gasteiger partial charge < -0.3 is 4.90 Å². The van der Waals surface area contributed by atoms with E-state index in [0.29, 0.717) is 45.0 Å². The van der Waals surface area contributed by atoms with Gasteiger partial charge in [-0.25, -0.2) is 4.68 Å². The molecule has 61 heavy (non-hydrogen) atoms. The maximum absolute atomic E-state index is 13.5. The number of benzene rings is 3. The van der Waals surface area contributed by atoms with Gasteiger partial charge >= 0.3 is 0 Å². The molecule has 2 amide bonds. The summed E-state index contributed by atoms with van der Waals surface area (Å²) < 4.78 is 3.94. The van der Waals surface area contributed by atoms with Crippen LogP contribution in [0.15, 0.2) is 65.6 Å². The predicted molar refractivity (Wildman–Crippen MR) is 229 cm³/mol. The highest BCUT2D eigenvalue weighted by molar-refractivity contribution is 6.35. The van der Waals surface area contributed by atoms with E-state index in [9.17, 15) is 24.0 Å². The molecule has 1 spiro atoms. The second-order valence-corrected chi connectivity index (χ2v) is 18.9. The Kier molecular flexibility index (Phi) is 9.45. The Morgan fingerprint density at radius 1 is 0.803 bits per heavy atom. The van der Waals surface area contributed by atoms with Crippen LogP contribution in [0.2, 0.25) is 5.02 Å². The van der Waals surface area contributed by atoms with Gasteiger partial charge in [0.05, 0.1) is 56.4 Å². The highest BCUT2D eigenvalue weighted by Crippen LogP contribution is 2.52. The highest BCUT2D eigenvalue weighted by Gasteiger charge is 2.49. The normalized spacial score (nSPS) is 25.2. The number of hydrogen-bond acceptors (Lipinski definition) is 9. The molecule has 3 aromatic carbocycles. The first kappa shape index (κ1) is 38.6. The molecule has 2 saturated heterocycles. The minimum atomic E-state index is -1.10. The number of carbonyl (C=O) groups is 4. The summed E-state index contributed by atoms with van der Waals surface area (Å²) in [6, 6.07) is 17.9. The summed E-state index contributed by atoms with van der Waals surface area (Å²) in [5.74, 6) is -1.29. The first-order valence-electron chi connectivity index (χ1n) is 22.2. The minimum Gasteiger partial charge on any atom is -0.303 e. The van der Waals surface area contributed by atoms with Crippen LogP contribution in [0.5, 0.6) is 0 Å². The van der Waals surface area contributed by atoms with Crippen LogP contribution in [0.25, 0.3) is 22.3 Å². The van der Waals surface area contributed by atoms with Crippen molar-refractivity contribution >= 4 is 45.9 Å². The molecule has 1 N–H and O–H groups in total. The van der Waals surface area contributed by atoms with E-state index < -0.39 is 17.7 Å². The van der Waals surface area contributed by atoms with E-state index in [0.717, 1.165) is 101 Å². The van der Waals surface area contributed by atoms with Crippen molar-refractivity contribution in [1.29, 1.82) is 0 Å². The molecule has 2 unspecified atom stereocenters. The number of Topliss-reactive ketones (excluding diaryl/α,β-unsaturated/α-hetero) is 2. The fraction of sp³-hybridized carbons (Fsp3) is 0.458. The summed E-state index contributed by atoms with van der Waals surface area (Å²) in [4.78, 5) is 71.7. The number of imide groups is 1. The third-order valence-corrected chi connectivity index (χ3v) is 15.5. The van der Waals surface area contributed by atoms with Crippen LogP contribution in [0.4, 0.5) is 0 Å². The first-order chi connectivity index (χ1) is 29.7. The van der Waals surface area contributed by atoms with Gasteiger partial charge in [-0.1, -0.05) is 54.3 Å². The second kappa shape index (κ2) is 14.9. The molecule has 5 aromatic rings. The molecule has 312 valence electrons. The topological polar surface area (TPSA) is 149 Å². The number of nitrogens with one attached hydrogen (secondary N) is 1. The summed E-state index contributed by atoms with van der Waals surface area (Å²) in [6.45, 7) is 3.26. The monoisotopic (exact) mass is 837 g/mol. The zero-order valence-corrected chi connectivity index (χ0v) is 34.8. The average Bonchev–Trinajstić information content (AvgIpc) is 3.94. The lowest BCUT2D eigenvalue weighted by atomic mass is 9.69. The van der Waals surface area contributed by atoms with Crippen LogP contribution in [0.3, 0.4) is 0 Å². The zero-order valence-electron chi connectivity index (χ0n) is 34.1. The molecule has 0 bridgehead atoms. The van der Waals surface area contributed by atoms with E-state index in [1.54, 1.807) is 28.9 Å². The predicted octanol–water partition coefficient (Wildman–Crippen LogP) is 7.38. The molecule has 2 aromatic heterocycles. The van der Waals surface area contributed by atoms with Crippen LogP contribution in [0.1, 0.15) is 139 Å². The van der Waals surface area contributed by atoms with Gasteiger partial charge in [0, 0.05) is 30.0 Å². The number of amides is 2. The Labute approximate surface area is 358 Å². The molecule has 6 aliphatic rings. The third-order valence-electron chi connectivity index (χ3n) is 15.2. The largest absolute Gasteiger partial charge is 0.303 e. The summed E-state index contributed by atoms with van der Waals surface area (Å²) in [5.41, 5.74) is 6.45. The Balaban J connectivity index is 0.723. The standard InChI is InChI=1S/C48H48ClN7O5/c49-36-5-4-6-38-42(36)46(61)51-47-48(19-2-1-3-20-48)35-15-11-30(23-39(35)56(38)47)28-17-21-54(22-18-28)25-27-7-9-29(10-8-27)37-26-55(53-52-37)31-12-13-32-34(24-31)44(59)41(43(32)58)33-14-16-40(57)50-45(33)60/h4-6,11-13,15,23-24,26-29,33,41H,1-3,7-10,14,16-22,25H2,(H,50,57,60). The number of piperidine rings is 2. The Hall–Kier alpha value is -5.33. The van der Waals surface area contributed by atoms with Gasteiger partial charge in [-0.2, -0.15) is 4.98 Å². The van der Waals surface area contributed by atoms with E-state index in [-0.39, 0.29) is 41.3 Å². The van der Waals surface area contributed by atoms with Crippen LogP contribution < -0.4 is 10.9 Å². The van der Waals surface area contributed by atoms with Crippen molar-refractivity contribution in [2.24, 2.45) is 17.8 Å². The SMILES string of the molecule is O=C1CCC(C2C(=O)c3ccc(-n4cc(C5CCC(CN6CCC(c7ccc8c(c7)-n7c(nc(=O)c9c(Cl)cccc97)C87CCCCC7)CC6)CC5)nn4)cc3C2=O)C(=O)N1. The molecule has 11 rings (SSSR count). The van der Waals surface area contributed by atoms with Gasteiger partial charge in [0.2, 0.25) is 11.8 Å². The van der Waals surface area contributed by atoms with Gasteiger partial charge in [-0.3, -0.25) is 33.9 Å². The maximum Gasteiger partial charge on any atom is 0.282 e. The molecular formula is C48H48ClN7O5. The van der Waals surface area contributed by atoms with Crippen molar-refractivity contribution in [3.8, 4) is 11.4 Å². The van der Waals surface area contributed by atoms with Crippen molar-refractivity contribution in [3.05, 3.63) is 110 Å². The van der Waals surface area contributed by atoms with Crippen LogP contribution in [-0.2, 0) is 15.0 Å². The van der Waals surface area contributed by atoms with E-state index in [1.807, 2.05) is 18.3 Å². The van der Waals surface area contributed by atoms with Crippen molar-refractivity contribution < 1.29 is 19.2 Å². The number of rotatable bonds is 6. The lowest BCUT2D eigenvalue weighted by Crippen LogP contribution is -2.46. The third kappa shape index (κ3) is 6.34. The summed E-state index contributed by atoms with van der Waals surface area (Å²) in [6.07, 6.45) is 14.3. The lowest BCUT2D eigenvalue weighted by molar-refractivity contribution is -0.137. The smallest absolute Gasteiger partial charge is 0.282 e. The lowest BCUT2D eigenvalue weighted by Gasteiger charge is -2.37. The molecule has 13 heteroatoms. The second-order valence-electron chi connectivity index (χ2n) is 18.5. The van der Waals surface area contributed by atoms with Crippen molar-refractivity contribution in [2.75, 3.05) is 19.6 Å². The first-order valence-corrected chi connectivity index (χ1v) is 22.6. The van der Waals surface area contributed by atoms with Gasteiger partial charge in [-0.05, 0) is 130 Å². The molecular weight excluding hydrogens is 790 g/mol. The summed E-state index contributed by atoms with van der Waals surface area (Å²) in [5, 5.41) is 12.2. The van der Waals surface area contributed by atoms with Gasteiger partial charge in [0.1, 0.15) is 5.82 Å². The molecule has 2 saturated carbocycles. The van der Waals surface area contributed by atoms with Gasteiger partial charge in [0.25, 0.3) is 5.56 Å². The number of aromatic nitrogens is 5. The number of halogens is 1. The maximum atomic E-state index is 13.5.